The first kappa shape index (κ1) is 13.6. The molecule has 0 aromatic heterocycles. The standard InChI is InChI=1S/C17H16FNO2/c1-11-9-10-12-5-2-3-7-14(12)19(11)17(21)16-13(18)6-4-8-15(16)20/h2-8,11,20H,9-10H2,1H3. The van der Waals surface area contributed by atoms with E-state index in [1.807, 2.05) is 31.2 Å². The smallest absolute Gasteiger partial charge is 0.265 e. The Bertz CT molecular complexity index is 679. The Kier molecular flexibility index (Phi) is 3.37. The van der Waals surface area contributed by atoms with Crippen LogP contribution in [0.4, 0.5) is 10.1 Å². The van der Waals surface area contributed by atoms with E-state index in [9.17, 15) is 14.3 Å². The summed E-state index contributed by atoms with van der Waals surface area (Å²) < 4.78 is 14.0. The van der Waals surface area contributed by atoms with Crippen molar-refractivity contribution in [3.63, 3.8) is 0 Å². The lowest BCUT2D eigenvalue weighted by Crippen LogP contribution is -2.42. The summed E-state index contributed by atoms with van der Waals surface area (Å²) in [5, 5.41) is 9.84. The summed E-state index contributed by atoms with van der Waals surface area (Å²) in [6.45, 7) is 1.94. The molecule has 3 nitrogen and oxygen atoms in total. The largest absolute Gasteiger partial charge is 0.507 e. The number of carbonyl (C=O) groups excluding carboxylic acids is 1. The fraction of sp³-hybridized carbons (Fsp3) is 0.235. The van der Waals surface area contributed by atoms with Gasteiger partial charge < -0.3 is 10.0 Å². The number of halogens is 1. The summed E-state index contributed by atoms with van der Waals surface area (Å²) in [7, 11) is 0. The van der Waals surface area contributed by atoms with Crippen LogP contribution in [-0.2, 0) is 6.42 Å². The highest BCUT2D eigenvalue weighted by molar-refractivity contribution is 6.09. The number of nitrogens with zero attached hydrogens (tertiary/aromatic N) is 1. The molecule has 1 aliphatic heterocycles. The van der Waals surface area contributed by atoms with Gasteiger partial charge >= 0.3 is 0 Å². The average Bonchev–Trinajstić information content (AvgIpc) is 2.46. The molecule has 3 rings (SSSR count). The molecule has 1 unspecified atom stereocenters. The number of rotatable bonds is 1. The molecular weight excluding hydrogens is 269 g/mol. The second-order valence-corrected chi connectivity index (χ2v) is 5.33. The van der Waals surface area contributed by atoms with Crippen molar-refractivity contribution >= 4 is 11.6 Å². The van der Waals surface area contributed by atoms with Crippen LogP contribution in [-0.4, -0.2) is 17.1 Å². The maximum absolute atomic E-state index is 14.0. The zero-order valence-corrected chi connectivity index (χ0v) is 11.7. The molecule has 0 spiro atoms. The molecule has 2 aromatic rings. The van der Waals surface area contributed by atoms with Gasteiger partial charge in [-0.1, -0.05) is 24.3 Å². The van der Waals surface area contributed by atoms with Crippen molar-refractivity contribution in [3.8, 4) is 5.75 Å². The maximum atomic E-state index is 14.0. The van der Waals surface area contributed by atoms with Gasteiger partial charge in [-0.25, -0.2) is 4.39 Å². The maximum Gasteiger partial charge on any atom is 0.265 e. The Labute approximate surface area is 122 Å². The SMILES string of the molecule is CC1CCc2ccccc2N1C(=O)c1c(O)cccc1F. The third-order valence-electron chi connectivity index (χ3n) is 3.95. The molecule has 4 heteroatoms. The number of aryl methyl sites for hydroxylation is 1. The van der Waals surface area contributed by atoms with Crippen LogP contribution in [0, 0.1) is 5.82 Å². The molecule has 2 aromatic carbocycles. The third-order valence-corrected chi connectivity index (χ3v) is 3.95. The van der Waals surface area contributed by atoms with Gasteiger partial charge in [0.1, 0.15) is 17.1 Å². The Morgan fingerprint density at radius 1 is 1.24 bits per heavy atom. The van der Waals surface area contributed by atoms with E-state index < -0.39 is 11.7 Å². The Morgan fingerprint density at radius 3 is 2.76 bits per heavy atom. The highest BCUT2D eigenvalue weighted by Gasteiger charge is 2.31. The topological polar surface area (TPSA) is 40.5 Å². The van der Waals surface area contributed by atoms with Crippen molar-refractivity contribution in [3.05, 3.63) is 59.4 Å². The first-order valence-electron chi connectivity index (χ1n) is 6.98. The van der Waals surface area contributed by atoms with Crippen molar-refractivity contribution in [1.82, 2.24) is 0 Å². The summed E-state index contributed by atoms with van der Waals surface area (Å²) in [4.78, 5) is 14.3. The normalized spacial score (nSPS) is 17.4. The first-order valence-corrected chi connectivity index (χ1v) is 6.98. The van der Waals surface area contributed by atoms with Crippen LogP contribution in [0.25, 0.3) is 0 Å². The van der Waals surface area contributed by atoms with Gasteiger partial charge in [-0.05, 0) is 43.5 Å². The van der Waals surface area contributed by atoms with Crippen LogP contribution in [0.2, 0.25) is 0 Å². The van der Waals surface area contributed by atoms with E-state index in [1.165, 1.54) is 18.2 Å². The fourth-order valence-electron chi connectivity index (χ4n) is 2.84. The summed E-state index contributed by atoms with van der Waals surface area (Å²) >= 11 is 0. The Morgan fingerprint density at radius 2 is 2.00 bits per heavy atom. The molecule has 1 N–H and O–H groups in total. The average molecular weight is 285 g/mol. The van der Waals surface area contributed by atoms with Gasteiger partial charge in [-0.2, -0.15) is 0 Å². The predicted molar refractivity (Wildman–Crippen MR) is 79.1 cm³/mol. The summed E-state index contributed by atoms with van der Waals surface area (Å²) in [5.41, 5.74) is 1.60. The molecule has 108 valence electrons. The van der Waals surface area contributed by atoms with E-state index >= 15 is 0 Å². The number of anilines is 1. The van der Waals surface area contributed by atoms with E-state index in [2.05, 4.69) is 0 Å². The highest BCUT2D eigenvalue weighted by atomic mass is 19.1. The lowest BCUT2D eigenvalue weighted by Gasteiger charge is -2.35. The van der Waals surface area contributed by atoms with E-state index in [1.54, 1.807) is 4.90 Å². The molecule has 21 heavy (non-hydrogen) atoms. The van der Waals surface area contributed by atoms with Gasteiger partial charge in [0.05, 0.1) is 0 Å². The summed E-state index contributed by atoms with van der Waals surface area (Å²) in [6, 6.07) is 11.5. The van der Waals surface area contributed by atoms with Crippen LogP contribution in [0.5, 0.6) is 5.75 Å². The minimum Gasteiger partial charge on any atom is -0.507 e. The second-order valence-electron chi connectivity index (χ2n) is 5.33. The number of phenolic OH excluding ortho intramolecular Hbond substituents is 1. The Hall–Kier alpha value is -2.36. The van der Waals surface area contributed by atoms with Crippen molar-refractivity contribution in [2.75, 3.05) is 4.90 Å². The molecule has 0 saturated carbocycles. The van der Waals surface area contributed by atoms with Crippen LogP contribution >= 0.6 is 0 Å². The van der Waals surface area contributed by atoms with E-state index in [4.69, 9.17) is 0 Å². The molecule has 0 fully saturated rings. The minimum atomic E-state index is -0.699. The van der Waals surface area contributed by atoms with Crippen LogP contribution in [0.3, 0.4) is 0 Å². The fourth-order valence-corrected chi connectivity index (χ4v) is 2.84. The Balaban J connectivity index is 2.09. The molecule has 0 bridgehead atoms. The molecule has 0 saturated heterocycles. The van der Waals surface area contributed by atoms with Crippen molar-refractivity contribution < 1.29 is 14.3 Å². The molecular formula is C17H16FNO2. The lowest BCUT2D eigenvalue weighted by atomic mass is 9.95. The number of amides is 1. The molecule has 1 heterocycles. The highest BCUT2D eigenvalue weighted by Crippen LogP contribution is 2.33. The minimum absolute atomic E-state index is 0.0357. The van der Waals surface area contributed by atoms with E-state index in [0.29, 0.717) is 0 Å². The third kappa shape index (κ3) is 2.27. The number of fused-ring (bicyclic) bond motifs is 1. The van der Waals surface area contributed by atoms with Crippen molar-refractivity contribution in [1.29, 1.82) is 0 Å². The summed E-state index contributed by atoms with van der Waals surface area (Å²) in [6.07, 6.45) is 1.71. The van der Waals surface area contributed by atoms with Gasteiger partial charge in [0.15, 0.2) is 0 Å². The predicted octanol–water partition coefficient (Wildman–Crippen LogP) is 3.51. The zero-order valence-electron chi connectivity index (χ0n) is 11.7. The molecule has 1 atom stereocenters. The van der Waals surface area contributed by atoms with Crippen molar-refractivity contribution in [2.24, 2.45) is 0 Å². The summed E-state index contributed by atoms with van der Waals surface area (Å²) in [5.74, 6) is -1.52. The first-order chi connectivity index (χ1) is 10.1. The van der Waals surface area contributed by atoms with E-state index in [0.717, 1.165) is 24.1 Å². The molecule has 0 radical (unpaired) electrons. The number of para-hydroxylation sites is 1. The second kappa shape index (κ2) is 5.20. The number of benzene rings is 2. The monoisotopic (exact) mass is 285 g/mol. The number of aromatic hydroxyl groups is 1. The quantitative estimate of drug-likeness (QED) is 0.871. The van der Waals surface area contributed by atoms with Crippen molar-refractivity contribution in [2.45, 2.75) is 25.8 Å². The van der Waals surface area contributed by atoms with Crippen LogP contribution in [0.1, 0.15) is 29.3 Å². The zero-order chi connectivity index (χ0) is 15.0. The lowest BCUT2D eigenvalue weighted by molar-refractivity contribution is 0.0968. The van der Waals surface area contributed by atoms with Gasteiger partial charge in [0, 0.05) is 11.7 Å². The van der Waals surface area contributed by atoms with Gasteiger partial charge in [-0.15, -0.1) is 0 Å². The van der Waals surface area contributed by atoms with Gasteiger partial charge in [0.25, 0.3) is 5.91 Å². The van der Waals surface area contributed by atoms with Gasteiger partial charge in [0.2, 0.25) is 0 Å². The van der Waals surface area contributed by atoms with E-state index in [-0.39, 0.29) is 17.4 Å². The number of hydrogen-bond acceptors (Lipinski definition) is 2. The van der Waals surface area contributed by atoms with Crippen LogP contribution in [0.15, 0.2) is 42.5 Å². The number of hydrogen-bond donors (Lipinski definition) is 1. The molecule has 1 aliphatic rings. The molecule has 0 aliphatic carbocycles. The van der Waals surface area contributed by atoms with Crippen LogP contribution < -0.4 is 4.90 Å². The van der Waals surface area contributed by atoms with Gasteiger partial charge in [-0.3, -0.25) is 4.79 Å². The number of phenols is 1. The number of carbonyl (C=O) groups is 1. The molecule has 1 amide bonds.